The summed E-state index contributed by atoms with van der Waals surface area (Å²) in [6.07, 6.45) is -0.867. The molecule has 1 atom stereocenters. The van der Waals surface area contributed by atoms with Crippen molar-refractivity contribution in [2.24, 2.45) is 5.92 Å². The molecule has 2 amide bonds. The predicted molar refractivity (Wildman–Crippen MR) is 159 cm³/mol. The van der Waals surface area contributed by atoms with Crippen LogP contribution in [0.3, 0.4) is 0 Å². The lowest BCUT2D eigenvalue weighted by Gasteiger charge is -2.25. The monoisotopic (exact) mass is 625 g/mol. The standard InChI is InChI=1S/C30H36FN7O7/c1-14(2)20(34-19(39)13-38-24(41)21(35-28(42)43-9)15(3)32-25(38)29(4,5)6)22(40)23-36-37-27(45-23)30(7,8)26-33-17-11-10-16(31)12-18(17)44-26/h10-12,14,20H,13H2,1-9H3,(H,34,39)(H,35,42)/t20-/m1/s1. The highest BCUT2D eigenvalue weighted by Crippen LogP contribution is 2.32. The highest BCUT2D eigenvalue weighted by atomic mass is 19.1. The Morgan fingerprint density at radius 2 is 1.73 bits per heavy atom. The van der Waals surface area contributed by atoms with E-state index in [-0.39, 0.29) is 34.6 Å². The highest BCUT2D eigenvalue weighted by molar-refractivity contribution is 5.98. The van der Waals surface area contributed by atoms with Gasteiger partial charge >= 0.3 is 6.09 Å². The van der Waals surface area contributed by atoms with Crippen molar-refractivity contribution in [3.05, 3.63) is 63.6 Å². The summed E-state index contributed by atoms with van der Waals surface area (Å²) in [6.45, 7) is 13.4. The molecule has 240 valence electrons. The zero-order valence-corrected chi connectivity index (χ0v) is 26.6. The second kappa shape index (κ2) is 12.2. The number of rotatable bonds is 9. The van der Waals surface area contributed by atoms with Gasteiger partial charge in [0.15, 0.2) is 5.58 Å². The summed E-state index contributed by atoms with van der Waals surface area (Å²) < 4.78 is 30.9. The number of Topliss-reactive ketones (excluding diaryl/α,β-unsaturated/α-hetero) is 1. The number of carbonyl (C=O) groups excluding carboxylic acids is 3. The summed E-state index contributed by atoms with van der Waals surface area (Å²) in [5, 5.41) is 13.0. The predicted octanol–water partition coefficient (Wildman–Crippen LogP) is 4.04. The maximum atomic E-state index is 13.7. The number of carbonyl (C=O) groups is 3. The number of ketones is 1. The van der Waals surface area contributed by atoms with Gasteiger partial charge in [-0.1, -0.05) is 34.6 Å². The molecule has 0 saturated carbocycles. The number of halogens is 1. The summed E-state index contributed by atoms with van der Waals surface area (Å²) in [6, 6.07) is 2.86. The first-order valence-corrected chi connectivity index (χ1v) is 14.1. The molecule has 0 aliphatic heterocycles. The molecule has 1 aromatic carbocycles. The van der Waals surface area contributed by atoms with Gasteiger partial charge in [-0.25, -0.2) is 19.2 Å². The molecular weight excluding hydrogens is 589 g/mol. The lowest BCUT2D eigenvalue weighted by atomic mass is 9.93. The minimum atomic E-state index is -1.10. The Hall–Kier alpha value is -4.95. The quantitative estimate of drug-likeness (QED) is 0.256. The van der Waals surface area contributed by atoms with Gasteiger partial charge in [0.05, 0.1) is 18.8 Å². The number of oxazole rings is 1. The van der Waals surface area contributed by atoms with Gasteiger partial charge in [0.1, 0.15) is 34.8 Å². The molecule has 45 heavy (non-hydrogen) atoms. The average Bonchev–Trinajstić information content (AvgIpc) is 3.62. The molecule has 14 nitrogen and oxygen atoms in total. The molecule has 3 aromatic heterocycles. The average molecular weight is 626 g/mol. The number of nitrogens with zero attached hydrogens (tertiary/aromatic N) is 5. The molecule has 0 radical (unpaired) electrons. The minimum absolute atomic E-state index is 0.0180. The molecule has 4 aromatic rings. The Bertz CT molecular complexity index is 1830. The molecule has 4 rings (SSSR count). The van der Waals surface area contributed by atoms with Crippen LogP contribution in [0.2, 0.25) is 0 Å². The van der Waals surface area contributed by atoms with Crippen molar-refractivity contribution in [1.29, 1.82) is 0 Å². The number of benzene rings is 1. The summed E-state index contributed by atoms with van der Waals surface area (Å²) >= 11 is 0. The number of amides is 2. The van der Waals surface area contributed by atoms with E-state index >= 15 is 0 Å². The molecule has 15 heteroatoms. The van der Waals surface area contributed by atoms with Gasteiger partial charge in [0.25, 0.3) is 11.4 Å². The third kappa shape index (κ3) is 6.76. The Labute approximate surface area is 257 Å². The van der Waals surface area contributed by atoms with E-state index in [4.69, 9.17) is 8.83 Å². The summed E-state index contributed by atoms with van der Waals surface area (Å²) in [5.41, 5.74) is -1.61. The van der Waals surface area contributed by atoms with E-state index in [1.807, 2.05) is 20.8 Å². The van der Waals surface area contributed by atoms with E-state index in [9.17, 15) is 23.6 Å². The summed E-state index contributed by atoms with van der Waals surface area (Å²) in [4.78, 5) is 61.1. The van der Waals surface area contributed by atoms with Crippen molar-refractivity contribution in [3.63, 3.8) is 0 Å². The summed E-state index contributed by atoms with van der Waals surface area (Å²) in [7, 11) is 1.15. The Morgan fingerprint density at radius 1 is 1.04 bits per heavy atom. The number of hydrogen-bond donors (Lipinski definition) is 2. The van der Waals surface area contributed by atoms with Crippen LogP contribution < -0.4 is 16.2 Å². The molecule has 0 bridgehead atoms. The normalized spacial score (nSPS) is 12.8. The van der Waals surface area contributed by atoms with Gasteiger partial charge < -0.3 is 18.9 Å². The van der Waals surface area contributed by atoms with Crippen molar-refractivity contribution < 1.29 is 32.3 Å². The number of hydrogen-bond acceptors (Lipinski definition) is 11. The Morgan fingerprint density at radius 3 is 2.36 bits per heavy atom. The van der Waals surface area contributed by atoms with Gasteiger partial charge in [-0.05, 0) is 38.8 Å². The number of aromatic nitrogens is 5. The molecule has 0 fully saturated rings. The first kappa shape index (κ1) is 33.0. The molecule has 0 saturated heterocycles. The maximum Gasteiger partial charge on any atom is 0.411 e. The third-order valence-electron chi connectivity index (χ3n) is 7.06. The molecular formula is C30H36FN7O7. The Kier molecular flexibility index (Phi) is 8.94. The van der Waals surface area contributed by atoms with Crippen molar-refractivity contribution in [1.82, 2.24) is 30.0 Å². The van der Waals surface area contributed by atoms with Gasteiger partial charge in [0.2, 0.25) is 23.5 Å². The number of fused-ring (bicyclic) bond motifs is 1. The second-order valence-electron chi connectivity index (χ2n) is 12.5. The first-order chi connectivity index (χ1) is 20.9. The van der Waals surface area contributed by atoms with Crippen LogP contribution in [0.1, 0.15) is 82.5 Å². The number of aryl methyl sites for hydroxylation is 1. The minimum Gasteiger partial charge on any atom is -0.453 e. The van der Waals surface area contributed by atoms with Crippen molar-refractivity contribution in [2.45, 2.75) is 78.8 Å². The molecule has 0 aliphatic rings. The van der Waals surface area contributed by atoms with Gasteiger partial charge in [-0.2, -0.15) is 0 Å². The van der Waals surface area contributed by atoms with E-state index < -0.39 is 58.5 Å². The SMILES string of the molecule is COC(=O)Nc1c(C)nc(C(C)(C)C)n(CC(=O)N[C@@H](C(=O)c2nnc(C(C)(C)c3nc4ccc(F)cc4o3)o2)C(C)C)c1=O. The van der Waals surface area contributed by atoms with Crippen LogP contribution in [0.5, 0.6) is 0 Å². The van der Waals surface area contributed by atoms with Gasteiger partial charge in [-0.15, -0.1) is 10.2 Å². The lowest BCUT2D eigenvalue weighted by molar-refractivity contribution is -0.122. The summed E-state index contributed by atoms with van der Waals surface area (Å²) in [5.74, 6) is -2.07. The number of ether oxygens (including phenoxy) is 1. The van der Waals surface area contributed by atoms with Crippen LogP contribution in [0.4, 0.5) is 14.9 Å². The molecule has 3 heterocycles. The van der Waals surface area contributed by atoms with E-state index in [2.05, 4.69) is 35.5 Å². The van der Waals surface area contributed by atoms with E-state index in [1.165, 1.54) is 18.2 Å². The van der Waals surface area contributed by atoms with Crippen LogP contribution >= 0.6 is 0 Å². The lowest BCUT2D eigenvalue weighted by Crippen LogP contribution is -2.47. The van der Waals surface area contributed by atoms with Gasteiger partial charge in [-0.3, -0.25) is 24.3 Å². The Balaban J connectivity index is 1.59. The smallest absolute Gasteiger partial charge is 0.411 e. The number of nitrogens with one attached hydrogen (secondary N) is 2. The van der Waals surface area contributed by atoms with Crippen molar-refractivity contribution >= 4 is 34.6 Å². The van der Waals surface area contributed by atoms with Crippen LogP contribution in [0, 0.1) is 18.7 Å². The second-order valence-corrected chi connectivity index (χ2v) is 12.5. The zero-order valence-electron chi connectivity index (χ0n) is 26.6. The molecule has 0 aliphatic carbocycles. The maximum absolute atomic E-state index is 13.7. The first-order valence-electron chi connectivity index (χ1n) is 14.1. The number of methoxy groups -OCH3 is 1. The molecule has 0 unspecified atom stereocenters. The fraction of sp³-hybridized carbons (Fsp3) is 0.467. The third-order valence-corrected chi connectivity index (χ3v) is 7.06. The van der Waals surface area contributed by atoms with Crippen LogP contribution in [0.15, 0.2) is 31.8 Å². The van der Waals surface area contributed by atoms with Crippen LogP contribution in [-0.2, 0) is 26.9 Å². The fourth-order valence-corrected chi connectivity index (χ4v) is 4.54. The molecule has 0 spiro atoms. The van der Waals surface area contributed by atoms with Crippen LogP contribution in [-0.4, -0.2) is 55.7 Å². The van der Waals surface area contributed by atoms with Crippen molar-refractivity contribution in [2.75, 3.05) is 12.4 Å². The fourth-order valence-electron chi connectivity index (χ4n) is 4.54. The zero-order chi connectivity index (χ0) is 33.4. The topological polar surface area (TPSA) is 184 Å². The largest absolute Gasteiger partial charge is 0.453 e. The molecule has 2 N–H and O–H groups in total. The van der Waals surface area contributed by atoms with E-state index in [1.54, 1.807) is 34.6 Å². The van der Waals surface area contributed by atoms with Crippen LogP contribution in [0.25, 0.3) is 11.1 Å². The van der Waals surface area contributed by atoms with Crippen molar-refractivity contribution in [3.8, 4) is 0 Å². The highest BCUT2D eigenvalue weighted by Gasteiger charge is 2.38. The van der Waals surface area contributed by atoms with E-state index in [0.717, 1.165) is 11.7 Å². The van der Waals surface area contributed by atoms with Gasteiger partial charge in [0, 0.05) is 11.5 Å². The van der Waals surface area contributed by atoms with E-state index in [0.29, 0.717) is 11.3 Å². The number of anilines is 1.